The standard InChI is InChI=1S/C19H24N2O2/c1-13-9-14(2)19-16(10-13)17(5-4-8-23-19)21-12-15-11-20-7-6-18(15)22-3/h6-7,9-11,17,21H,4-5,8,12H2,1-3H3. The van der Waals surface area contributed by atoms with E-state index in [1.807, 2.05) is 12.3 Å². The lowest BCUT2D eigenvalue weighted by atomic mass is 9.97. The van der Waals surface area contributed by atoms with E-state index in [0.29, 0.717) is 0 Å². The second-order valence-corrected chi connectivity index (χ2v) is 6.11. The average molecular weight is 312 g/mol. The van der Waals surface area contributed by atoms with Gasteiger partial charge in [0.05, 0.1) is 13.7 Å². The van der Waals surface area contributed by atoms with E-state index in [2.05, 4.69) is 36.3 Å². The van der Waals surface area contributed by atoms with Crippen molar-refractivity contribution in [3.8, 4) is 11.5 Å². The molecule has 4 heteroatoms. The fourth-order valence-corrected chi connectivity index (χ4v) is 3.25. The van der Waals surface area contributed by atoms with Gasteiger partial charge in [0.25, 0.3) is 0 Å². The van der Waals surface area contributed by atoms with Crippen LogP contribution >= 0.6 is 0 Å². The van der Waals surface area contributed by atoms with Crippen molar-refractivity contribution in [2.24, 2.45) is 0 Å². The average Bonchev–Trinajstić information content (AvgIpc) is 2.75. The number of aromatic nitrogens is 1. The number of benzene rings is 1. The fraction of sp³-hybridized carbons (Fsp3) is 0.421. The van der Waals surface area contributed by atoms with Crippen molar-refractivity contribution in [1.82, 2.24) is 10.3 Å². The maximum Gasteiger partial charge on any atom is 0.126 e. The first-order valence-corrected chi connectivity index (χ1v) is 8.13. The monoisotopic (exact) mass is 312 g/mol. The van der Waals surface area contributed by atoms with Crippen LogP contribution in [0.5, 0.6) is 11.5 Å². The summed E-state index contributed by atoms with van der Waals surface area (Å²) < 4.78 is 11.4. The van der Waals surface area contributed by atoms with Gasteiger partial charge in [0.2, 0.25) is 0 Å². The molecule has 2 heterocycles. The SMILES string of the molecule is COc1ccncc1CNC1CCCOc2c(C)cc(C)cc21. The highest BCUT2D eigenvalue weighted by Crippen LogP contribution is 2.35. The molecule has 1 unspecified atom stereocenters. The van der Waals surface area contributed by atoms with Crippen molar-refractivity contribution < 1.29 is 9.47 Å². The van der Waals surface area contributed by atoms with Crippen LogP contribution in [0.25, 0.3) is 0 Å². The van der Waals surface area contributed by atoms with E-state index in [0.717, 1.165) is 43.1 Å². The second kappa shape index (κ2) is 7.01. The third kappa shape index (κ3) is 3.48. The van der Waals surface area contributed by atoms with Gasteiger partial charge in [-0.1, -0.05) is 17.7 Å². The number of aryl methyl sites for hydroxylation is 2. The number of rotatable bonds is 4. The van der Waals surface area contributed by atoms with Gasteiger partial charge >= 0.3 is 0 Å². The van der Waals surface area contributed by atoms with Crippen LogP contribution in [0.4, 0.5) is 0 Å². The Kier molecular flexibility index (Phi) is 4.82. The van der Waals surface area contributed by atoms with Crippen molar-refractivity contribution in [2.45, 2.75) is 39.3 Å². The van der Waals surface area contributed by atoms with Crippen LogP contribution in [0.3, 0.4) is 0 Å². The molecule has 2 aromatic rings. The number of nitrogens with zero attached hydrogens (tertiary/aromatic N) is 1. The predicted octanol–water partition coefficient (Wildman–Crippen LogP) is 3.71. The van der Waals surface area contributed by atoms with Gasteiger partial charge in [-0.15, -0.1) is 0 Å². The van der Waals surface area contributed by atoms with Crippen molar-refractivity contribution in [2.75, 3.05) is 13.7 Å². The largest absolute Gasteiger partial charge is 0.496 e. The number of methoxy groups -OCH3 is 1. The molecule has 4 nitrogen and oxygen atoms in total. The van der Waals surface area contributed by atoms with Crippen LogP contribution in [-0.2, 0) is 6.54 Å². The highest BCUT2D eigenvalue weighted by atomic mass is 16.5. The van der Waals surface area contributed by atoms with Crippen LogP contribution < -0.4 is 14.8 Å². The molecule has 0 fully saturated rings. The molecule has 1 N–H and O–H groups in total. The number of fused-ring (bicyclic) bond motifs is 1. The summed E-state index contributed by atoms with van der Waals surface area (Å²) in [4.78, 5) is 4.20. The van der Waals surface area contributed by atoms with E-state index < -0.39 is 0 Å². The molecule has 1 aromatic heterocycles. The lowest BCUT2D eigenvalue weighted by molar-refractivity contribution is 0.313. The van der Waals surface area contributed by atoms with E-state index in [-0.39, 0.29) is 6.04 Å². The van der Waals surface area contributed by atoms with Crippen molar-refractivity contribution in [3.63, 3.8) is 0 Å². The predicted molar refractivity (Wildman–Crippen MR) is 91.0 cm³/mol. The molecule has 0 saturated carbocycles. The number of nitrogens with one attached hydrogen (secondary N) is 1. The first-order chi connectivity index (χ1) is 11.2. The van der Waals surface area contributed by atoms with E-state index in [4.69, 9.17) is 9.47 Å². The summed E-state index contributed by atoms with van der Waals surface area (Å²) in [6, 6.07) is 6.61. The Hall–Kier alpha value is -2.07. The zero-order valence-corrected chi connectivity index (χ0v) is 14.1. The summed E-state index contributed by atoms with van der Waals surface area (Å²) in [6.45, 7) is 5.77. The minimum atomic E-state index is 0.288. The highest BCUT2D eigenvalue weighted by molar-refractivity contribution is 5.46. The maximum atomic E-state index is 5.98. The summed E-state index contributed by atoms with van der Waals surface area (Å²) >= 11 is 0. The van der Waals surface area contributed by atoms with E-state index >= 15 is 0 Å². The minimum absolute atomic E-state index is 0.288. The molecular weight excluding hydrogens is 288 g/mol. The number of hydrogen-bond acceptors (Lipinski definition) is 4. The quantitative estimate of drug-likeness (QED) is 0.934. The van der Waals surface area contributed by atoms with Crippen molar-refractivity contribution in [3.05, 3.63) is 52.8 Å². The topological polar surface area (TPSA) is 43.4 Å². The summed E-state index contributed by atoms with van der Waals surface area (Å²) in [5.74, 6) is 1.92. The van der Waals surface area contributed by atoms with Gasteiger partial charge in [-0.25, -0.2) is 0 Å². The molecule has 0 radical (unpaired) electrons. The normalized spacial score (nSPS) is 17.1. The van der Waals surface area contributed by atoms with Crippen LogP contribution in [0, 0.1) is 13.8 Å². The molecular formula is C19H24N2O2. The highest BCUT2D eigenvalue weighted by Gasteiger charge is 2.21. The molecule has 0 saturated heterocycles. The second-order valence-electron chi connectivity index (χ2n) is 6.11. The summed E-state index contributed by atoms with van der Waals surface area (Å²) in [7, 11) is 1.69. The molecule has 0 bridgehead atoms. The van der Waals surface area contributed by atoms with Gasteiger partial charge in [0.1, 0.15) is 11.5 Å². The first-order valence-electron chi connectivity index (χ1n) is 8.13. The maximum absolute atomic E-state index is 5.98. The smallest absolute Gasteiger partial charge is 0.126 e. The lowest BCUT2D eigenvalue weighted by Crippen LogP contribution is -2.21. The third-order valence-electron chi connectivity index (χ3n) is 4.32. The summed E-state index contributed by atoms with van der Waals surface area (Å²) in [5.41, 5.74) is 4.83. The summed E-state index contributed by atoms with van der Waals surface area (Å²) in [5, 5.41) is 3.66. The molecule has 23 heavy (non-hydrogen) atoms. The molecule has 0 spiro atoms. The third-order valence-corrected chi connectivity index (χ3v) is 4.32. The molecule has 1 aliphatic heterocycles. The van der Waals surface area contributed by atoms with Crippen molar-refractivity contribution >= 4 is 0 Å². The Morgan fingerprint density at radius 1 is 1.35 bits per heavy atom. The number of hydrogen-bond donors (Lipinski definition) is 1. The lowest BCUT2D eigenvalue weighted by Gasteiger charge is -2.21. The molecule has 0 aliphatic carbocycles. The first kappa shape index (κ1) is 15.8. The van der Waals surface area contributed by atoms with E-state index in [1.54, 1.807) is 13.3 Å². The number of ether oxygens (including phenoxy) is 2. The fourth-order valence-electron chi connectivity index (χ4n) is 3.25. The van der Waals surface area contributed by atoms with Gasteiger partial charge in [-0.05, 0) is 38.3 Å². The Morgan fingerprint density at radius 3 is 3.04 bits per heavy atom. The van der Waals surface area contributed by atoms with Gasteiger partial charge in [-0.2, -0.15) is 0 Å². The zero-order valence-electron chi connectivity index (χ0n) is 14.1. The molecule has 1 aliphatic rings. The Labute approximate surface area is 137 Å². The van der Waals surface area contributed by atoms with Crippen LogP contribution in [-0.4, -0.2) is 18.7 Å². The molecule has 122 valence electrons. The van der Waals surface area contributed by atoms with E-state index in [1.165, 1.54) is 16.7 Å². The Morgan fingerprint density at radius 2 is 2.22 bits per heavy atom. The van der Waals surface area contributed by atoms with Crippen LogP contribution in [0.2, 0.25) is 0 Å². The minimum Gasteiger partial charge on any atom is -0.496 e. The zero-order chi connectivity index (χ0) is 16.2. The van der Waals surface area contributed by atoms with Crippen LogP contribution in [0.15, 0.2) is 30.6 Å². The van der Waals surface area contributed by atoms with Gasteiger partial charge < -0.3 is 14.8 Å². The number of pyridine rings is 1. The molecule has 0 amide bonds. The summed E-state index contributed by atoms with van der Waals surface area (Å²) in [6.07, 6.45) is 5.73. The molecule has 3 rings (SSSR count). The van der Waals surface area contributed by atoms with Gasteiger partial charge in [-0.3, -0.25) is 4.98 Å². The van der Waals surface area contributed by atoms with Crippen LogP contribution in [0.1, 0.15) is 41.1 Å². The Bertz CT molecular complexity index is 685. The van der Waals surface area contributed by atoms with Crippen molar-refractivity contribution in [1.29, 1.82) is 0 Å². The van der Waals surface area contributed by atoms with Gasteiger partial charge in [0.15, 0.2) is 0 Å². The van der Waals surface area contributed by atoms with E-state index in [9.17, 15) is 0 Å². The molecule has 1 aromatic carbocycles. The molecule has 1 atom stereocenters. The van der Waals surface area contributed by atoms with Gasteiger partial charge in [0, 0.05) is 36.1 Å². The Balaban J connectivity index is 1.83.